The maximum absolute atomic E-state index is 13.9. The largest absolute Gasteiger partial charge is 0.461 e. The summed E-state index contributed by atoms with van der Waals surface area (Å²) in [5.74, 6) is -2.75. The van der Waals surface area contributed by atoms with E-state index >= 15 is 0 Å². The Balaban J connectivity index is 1.88. The second-order valence-electron chi connectivity index (χ2n) is 9.27. The summed E-state index contributed by atoms with van der Waals surface area (Å²) < 4.78 is 11.8. The lowest BCUT2D eigenvalue weighted by molar-refractivity contribution is -0.156. The Morgan fingerprint density at radius 3 is 2.58 bits per heavy atom. The molecular formula is C23H32N2O6. The molecule has 0 radical (unpaired) electrons. The van der Waals surface area contributed by atoms with Gasteiger partial charge in [-0.15, -0.1) is 0 Å². The summed E-state index contributed by atoms with van der Waals surface area (Å²) in [4.78, 5) is 43.8. The van der Waals surface area contributed by atoms with Crippen molar-refractivity contribution >= 4 is 17.8 Å². The molecule has 0 aromatic heterocycles. The summed E-state index contributed by atoms with van der Waals surface area (Å²) in [5.41, 5.74) is -1.27. The first-order valence-corrected chi connectivity index (χ1v) is 11.2. The second-order valence-corrected chi connectivity index (χ2v) is 9.27. The Hall–Kier alpha value is -2.19. The van der Waals surface area contributed by atoms with Crippen molar-refractivity contribution in [3.05, 3.63) is 24.3 Å². The minimum Gasteiger partial charge on any atom is -0.461 e. The molecule has 1 N–H and O–H groups in total. The molecule has 1 unspecified atom stereocenters. The third-order valence-electron chi connectivity index (χ3n) is 7.35. The van der Waals surface area contributed by atoms with Crippen LogP contribution in [0.5, 0.6) is 0 Å². The smallest absolute Gasteiger partial charge is 0.313 e. The van der Waals surface area contributed by atoms with Crippen molar-refractivity contribution in [3.8, 4) is 0 Å². The van der Waals surface area contributed by atoms with Crippen molar-refractivity contribution in [1.29, 1.82) is 0 Å². The van der Waals surface area contributed by atoms with E-state index in [-0.39, 0.29) is 37.0 Å². The molecular weight excluding hydrogens is 400 g/mol. The van der Waals surface area contributed by atoms with Gasteiger partial charge in [-0.2, -0.15) is 0 Å². The number of likely N-dealkylation sites (tertiary alicyclic amines) is 1. The van der Waals surface area contributed by atoms with Crippen LogP contribution in [0.25, 0.3) is 0 Å². The standard InChI is InChI=1S/C23H32N2O6/c1-5-14(4)15(12-26)25-19-21(28)24(13(2)3)10-7-9-23(19)18(20(25)27)17-16(31-23)8-6-11-30-22(17)29/h6-9,13-19,26H,5,10-12H2,1-4H3/t14-,15-,16-,17+,18-,19?,23-/m0/s1. The van der Waals surface area contributed by atoms with Gasteiger partial charge in [-0.1, -0.05) is 38.5 Å². The number of carbonyl (C=O) groups is 3. The Morgan fingerprint density at radius 1 is 1.19 bits per heavy atom. The van der Waals surface area contributed by atoms with E-state index in [4.69, 9.17) is 9.47 Å². The summed E-state index contributed by atoms with van der Waals surface area (Å²) in [6.07, 6.45) is 7.25. The van der Waals surface area contributed by atoms with E-state index in [0.29, 0.717) is 6.54 Å². The van der Waals surface area contributed by atoms with E-state index in [1.54, 1.807) is 23.1 Å². The van der Waals surface area contributed by atoms with Gasteiger partial charge in [-0.25, -0.2) is 0 Å². The number of aliphatic hydroxyl groups excluding tert-OH is 1. The monoisotopic (exact) mass is 432 g/mol. The number of nitrogens with zero attached hydrogens (tertiary/aromatic N) is 2. The molecule has 170 valence electrons. The molecule has 2 fully saturated rings. The lowest BCUT2D eigenvalue weighted by Crippen LogP contribution is -2.60. The number of esters is 1. The summed E-state index contributed by atoms with van der Waals surface area (Å²) in [7, 11) is 0. The highest BCUT2D eigenvalue weighted by Crippen LogP contribution is 2.54. The maximum Gasteiger partial charge on any atom is 0.313 e. The van der Waals surface area contributed by atoms with Crippen LogP contribution in [0, 0.1) is 17.8 Å². The van der Waals surface area contributed by atoms with Crippen molar-refractivity contribution in [2.45, 2.75) is 63.9 Å². The van der Waals surface area contributed by atoms with Crippen LogP contribution in [0.15, 0.2) is 24.3 Å². The van der Waals surface area contributed by atoms with Gasteiger partial charge in [-0.05, 0) is 25.8 Å². The molecule has 7 atom stereocenters. The summed E-state index contributed by atoms with van der Waals surface area (Å²) in [5, 5.41) is 10.2. The molecule has 4 heterocycles. The molecule has 0 aromatic carbocycles. The fourth-order valence-electron chi connectivity index (χ4n) is 5.56. The Bertz CT molecular complexity index is 823. The number of carbonyl (C=O) groups excluding carboxylic acids is 3. The van der Waals surface area contributed by atoms with Gasteiger partial charge >= 0.3 is 5.97 Å². The van der Waals surface area contributed by atoms with Crippen molar-refractivity contribution < 1.29 is 29.0 Å². The second kappa shape index (κ2) is 8.06. The predicted octanol–water partition coefficient (Wildman–Crippen LogP) is 0.894. The molecule has 2 saturated heterocycles. The minimum absolute atomic E-state index is 0.0332. The Labute approximate surface area is 182 Å². The summed E-state index contributed by atoms with van der Waals surface area (Å²) in [6.45, 7) is 8.07. The molecule has 0 aliphatic carbocycles. The number of amides is 2. The average molecular weight is 433 g/mol. The Kier molecular flexibility index (Phi) is 5.72. The van der Waals surface area contributed by atoms with Gasteiger partial charge in [0, 0.05) is 12.6 Å². The third-order valence-corrected chi connectivity index (χ3v) is 7.35. The van der Waals surface area contributed by atoms with Gasteiger partial charge in [-0.3, -0.25) is 14.4 Å². The molecule has 0 bridgehead atoms. The molecule has 8 heteroatoms. The molecule has 31 heavy (non-hydrogen) atoms. The number of fused-ring (bicyclic) bond motifs is 2. The van der Waals surface area contributed by atoms with Gasteiger partial charge in [0.1, 0.15) is 24.2 Å². The van der Waals surface area contributed by atoms with Crippen molar-refractivity contribution in [1.82, 2.24) is 9.80 Å². The number of cyclic esters (lactones) is 1. The normalized spacial score (nSPS) is 36.6. The van der Waals surface area contributed by atoms with Crippen LogP contribution in [0.2, 0.25) is 0 Å². The fraction of sp³-hybridized carbons (Fsp3) is 0.696. The Morgan fingerprint density at radius 2 is 1.94 bits per heavy atom. The van der Waals surface area contributed by atoms with Crippen molar-refractivity contribution in [3.63, 3.8) is 0 Å². The quantitative estimate of drug-likeness (QED) is 0.512. The molecule has 2 amide bonds. The first-order chi connectivity index (χ1) is 14.8. The van der Waals surface area contributed by atoms with E-state index in [1.165, 1.54) is 4.90 Å². The van der Waals surface area contributed by atoms with E-state index < -0.39 is 41.6 Å². The van der Waals surface area contributed by atoms with Crippen LogP contribution in [0.4, 0.5) is 0 Å². The van der Waals surface area contributed by atoms with Crippen LogP contribution in [-0.2, 0) is 23.9 Å². The molecule has 4 aliphatic rings. The fourth-order valence-corrected chi connectivity index (χ4v) is 5.56. The topological polar surface area (TPSA) is 96.4 Å². The number of hydrogen-bond acceptors (Lipinski definition) is 6. The van der Waals surface area contributed by atoms with E-state index in [0.717, 1.165) is 6.42 Å². The van der Waals surface area contributed by atoms with Gasteiger partial charge in [0.15, 0.2) is 0 Å². The maximum atomic E-state index is 13.9. The van der Waals surface area contributed by atoms with Gasteiger partial charge in [0.05, 0.1) is 24.7 Å². The van der Waals surface area contributed by atoms with E-state index in [2.05, 4.69) is 0 Å². The lowest BCUT2D eigenvalue weighted by Gasteiger charge is -2.41. The summed E-state index contributed by atoms with van der Waals surface area (Å²) >= 11 is 0. The van der Waals surface area contributed by atoms with Gasteiger partial charge < -0.3 is 24.4 Å². The SMILES string of the molecule is CC[C@H](C)[C@H](CO)N1C(=O)[C@@H]2[C@@H]3C(=O)OCC=C[C@@H]3O[C@@]23C=CCN(C(C)C)C(=O)C13. The molecule has 1 spiro atoms. The van der Waals surface area contributed by atoms with Gasteiger partial charge in [0.25, 0.3) is 0 Å². The predicted molar refractivity (Wildman–Crippen MR) is 112 cm³/mol. The first-order valence-electron chi connectivity index (χ1n) is 11.2. The molecule has 0 saturated carbocycles. The van der Waals surface area contributed by atoms with Gasteiger partial charge in [0.2, 0.25) is 11.8 Å². The molecule has 0 aromatic rings. The highest BCUT2D eigenvalue weighted by Gasteiger charge is 2.72. The van der Waals surface area contributed by atoms with Crippen LogP contribution >= 0.6 is 0 Å². The zero-order chi connectivity index (χ0) is 22.5. The summed E-state index contributed by atoms with van der Waals surface area (Å²) in [6, 6.07) is -1.56. The lowest BCUT2D eigenvalue weighted by atomic mass is 9.78. The third kappa shape index (κ3) is 3.14. The number of rotatable bonds is 5. The number of ether oxygens (including phenoxy) is 2. The number of aliphatic hydroxyl groups is 1. The van der Waals surface area contributed by atoms with Crippen LogP contribution in [0.1, 0.15) is 34.1 Å². The average Bonchev–Trinajstić information content (AvgIpc) is 3.03. The minimum atomic E-state index is -1.27. The van der Waals surface area contributed by atoms with Crippen LogP contribution in [-0.4, -0.2) is 82.3 Å². The highest BCUT2D eigenvalue weighted by molar-refractivity contribution is 5.99. The zero-order valence-corrected chi connectivity index (χ0v) is 18.6. The number of hydrogen-bond donors (Lipinski definition) is 1. The van der Waals surface area contributed by atoms with Crippen LogP contribution < -0.4 is 0 Å². The molecule has 8 nitrogen and oxygen atoms in total. The molecule has 4 rings (SSSR count). The first kappa shape index (κ1) is 22.0. The van der Waals surface area contributed by atoms with Crippen molar-refractivity contribution in [2.75, 3.05) is 19.8 Å². The van der Waals surface area contributed by atoms with E-state index in [9.17, 15) is 19.5 Å². The van der Waals surface area contributed by atoms with Crippen molar-refractivity contribution in [2.24, 2.45) is 17.8 Å². The van der Waals surface area contributed by atoms with Crippen LogP contribution in [0.3, 0.4) is 0 Å². The highest BCUT2D eigenvalue weighted by atomic mass is 16.6. The zero-order valence-electron chi connectivity index (χ0n) is 18.6. The van der Waals surface area contributed by atoms with E-state index in [1.807, 2.05) is 33.8 Å². The molecule has 4 aliphatic heterocycles.